The molecule has 0 saturated carbocycles. The van der Waals surface area contributed by atoms with E-state index in [0.717, 1.165) is 5.56 Å². The molecule has 106 valence electrons. The summed E-state index contributed by atoms with van der Waals surface area (Å²) in [5.74, 6) is 0. The van der Waals surface area contributed by atoms with Crippen molar-refractivity contribution in [3.63, 3.8) is 0 Å². The van der Waals surface area contributed by atoms with Gasteiger partial charge in [0.25, 0.3) is 10.0 Å². The van der Waals surface area contributed by atoms with Crippen LogP contribution in [0.5, 0.6) is 0 Å². The first kappa shape index (κ1) is 14.6. The number of hydrogen-bond donors (Lipinski definition) is 2. The predicted molar refractivity (Wildman–Crippen MR) is 75.1 cm³/mol. The topological polar surface area (TPSA) is 98.0 Å². The standard InChI is InChI=1S/C13H16N4O2S/c1-10(12-4-2-3-7-15-12)17-20(18,19)13-6-5-11(8-14)9-16-13/h2-7,9-10,17H,8,14H2,1H3. The van der Waals surface area contributed by atoms with Crippen LogP contribution in [0.25, 0.3) is 0 Å². The maximum Gasteiger partial charge on any atom is 0.258 e. The maximum absolute atomic E-state index is 12.2. The van der Waals surface area contributed by atoms with Crippen molar-refractivity contribution < 1.29 is 8.42 Å². The van der Waals surface area contributed by atoms with Crippen LogP contribution >= 0.6 is 0 Å². The molecule has 2 rings (SSSR count). The number of nitrogens with one attached hydrogen (secondary N) is 1. The number of rotatable bonds is 5. The van der Waals surface area contributed by atoms with Crippen molar-refractivity contribution in [2.75, 3.05) is 0 Å². The average Bonchev–Trinajstić information content (AvgIpc) is 2.48. The van der Waals surface area contributed by atoms with Gasteiger partial charge in [0.05, 0.1) is 11.7 Å². The zero-order chi connectivity index (χ0) is 14.6. The molecule has 1 atom stereocenters. The van der Waals surface area contributed by atoms with Crippen LogP contribution in [0.15, 0.2) is 47.8 Å². The third-order valence-electron chi connectivity index (χ3n) is 2.77. The van der Waals surface area contributed by atoms with Gasteiger partial charge in [0, 0.05) is 18.9 Å². The molecule has 0 aliphatic carbocycles. The Morgan fingerprint density at radius 1 is 1.25 bits per heavy atom. The van der Waals surface area contributed by atoms with Gasteiger partial charge < -0.3 is 5.73 Å². The van der Waals surface area contributed by atoms with Crippen molar-refractivity contribution in [2.24, 2.45) is 5.73 Å². The molecule has 6 nitrogen and oxygen atoms in total. The lowest BCUT2D eigenvalue weighted by atomic mass is 10.2. The fourth-order valence-electron chi connectivity index (χ4n) is 1.68. The van der Waals surface area contributed by atoms with E-state index in [1.165, 1.54) is 12.3 Å². The second kappa shape index (κ2) is 6.08. The monoisotopic (exact) mass is 292 g/mol. The number of aromatic nitrogens is 2. The van der Waals surface area contributed by atoms with E-state index >= 15 is 0 Å². The minimum absolute atomic E-state index is 0.0301. The van der Waals surface area contributed by atoms with Gasteiger partial charge in [0.15, 0.2) is 5.03 Å². The van der Waals surface area contributed by atoms with Crippen LogP contribution in [0.2, 0.25) is 0 Å². The number of hydrogen-bond acceptors (Lipinski definition) is 5. The fourth-order valence-corrected chi connectivity index (χ4v) is 2.82. The molecule has 2 heterocycles. The highest BCUT2D eigenvalue weighted by atomic mass is 32.2. The summed E-state index contributed by atoms with van der Waals surface area (Å²) in [5.41, 5.74) is 6.88. The molecule has 0 radical (unpaired) electrons. The highest BCUT2D eigenvalue weighted by Gasteiger charge is 2.20. The molecule has 0 aliphatic rings. The van der Waals surface area contributed by atoms with Crippen molar-refractivity contribution in [1.29, 1.82) is 0 Å². The van der Waals surface area contributed by atoms with Gasteiger partial charge in [-0.2, -0.15) is 0 Å². The average molecular weight is 292 g/mol. The van der Waals surface area contributed by atoms with E-state index in [4.69, 9.17) is 5.73 Å². The summed E-state index contributed by atoms with van der Waals surface area (Å²) < 4.78 is 26.9. The highest BCUT2D eigenvalue weighted by Crippen LogP contribution is 2.13. The summed E-state index contributed by atoms with van der Waals surface area (Å²) in [5, 5.41) is -0.0301. The molecular formula is C13H16N4O2S. The summed E-state index contributed by atoms with van der Waals surface area (Å²) >= 11 is 0. The van der Waals surface area contributed by atoms with Gasteiger partial charge in [0.1, 0.15) is 0 Å². The molecule has 20 heavy (non-hydrogen) atoms. The van der Waals surface area contributed by atoms with Crippen molar-refractivity contribution in [1.82, 2.24) is 14.7 Å². The van der Waals surface area contributed by atoms with Gasteiger partial charge in [-0.05, 0) is 30.7 Å². The van der Waals surface area contributed by atoms with E-state index in [-0.39, 0.29) is 5.03 Å². The first-order valence-electron chi connectivity index (χ1n) is 6.11. The molecule has 2 aromatic heterocycles. The van der Waals surface area contributed by atoms with Gasteiger partial charge >= 0.3 is 0 Å². The molecule has 1 unspecified atom stereocenters. The zero-order valence-electron chi connectivity index (χ0n) is 11.0. The number of sulfonamides is 1. The second-order valence-electron chi connectivity index (χ2n) is 4.31. The smallest absolute Gasteiger partial charge is 0.258 e. The summed E-state index contributed by atoms with van der Waals surface area (Å²) in [4.78, 5) is 8.04. The van der Waals surface area contributed by atoms with Crippen LogP contribution < -0.4 is 10.5 Å². The Morgan fingerprint density at radius 3 is 2.60 bits per heavy atom. The first-order valence-corrected chi connectivity index (χ1v) is 7.59. The van der Waals surface area contributed by atoms with E-state index in [1.54, 1.807) is 37.4 Å². The number of nitrogens with two attached hydrogens (primary N) is 1. The predicted octanol–water partition coefficient (Wildman–Crippen LogP) is 0.975. The van der Waals surface area contributed by atoms with E-state index in [0.29, 0.717) is 12.2 Å². The lowest BCUT2D eigenvalue weighted by molar-refractivity contribution is 0.560. The molecule has 2 aromatic rings. The molecule has 0 saturated heterocycles. The van der Waals surface area contributed by atoms with Gasteiger partial charge in [-0.15, -0.1) is 0 Å². The van der Waals surface area contributed by atoms with Crippen molar-refractivity contribution in [3.8, 4) is 0 Å². The van der Waals surface area contributed by atoms with Crippen LogP contribution in [-0.4, -0.2) is 18.4 Å². The van der Waals surface area contributed by atoms with E-state index < -0.39 is 16.1 Å². The minimum Gasteiger partial charge on any atom is -0.326 e. The Morgan fingerprint density at radius 2 is 2.05 bits per heavy atom. The molecule has 7 heteroatoms. The Kier molecular flexibility index (Phi) is 4.43. The Balaban J connectivity index is 2.18. The lowest BCUT2D eigenvalue weighted by Crippen LogP contribution is -2.28. The van der Waals surface area contributed by atoms with Gasteiger partial charge in [-0.1, -0.05) is 12.1 Å². The van der Waals surface area contributed by atoms with Crippen LogP contribution in [0.4, 0.5) is 0 Å². The van der Waals surface area contributed by atoms with Crippen LogP contribution in [0, 0.1) is 0 Å². The van der Waals surface area contributed by atoms with Crippen molar-refractivity contribution in [2.45, 2.75) is 24.5 Å². The fraction of sp³-hybridized carbons (Fsp3) is 0.231. The maximum atomic E-state index is 12.2. The quantitative estimate of drug-likeness (QED) is 0.856. The largest absolute Gasteiger partial charge is 0.326 e. The normalized spacial score (nSPS) is 13.1. The van der Waals surface area contributed by atoms with Gasteiger partial charge in [0.2, 0.25) is 0 Å². The molecule has 0 bridgehead atoms. The molecule has 0 amide bonds. The highest BCUT2D eigenvalue weighted by molar-refractivity contribution is 7.89. The zero-order valence-corrected chi connectivity index (χ0v) is 11.8. The van der Waals surface area contributed by atoms with Crippen molar-refractivity contribution in [3.05, 3.63) is 54.0 Å². The summed E-state index contributed by atoms with van der Waals surface area (Å²) in [6.07, 6.45) is 3.08. The summed E-state index contributed by atoms with van der Waals surface area (Å²) in [6, 6.07) is 8.00. The van der Waals surface area contributed by atoms with Crippen LogP contribution in [-0.2, 0) is 16.6 Å². The third-order valence-corrected chi connectivity index (χ3v) is 4.23. The molecule has 0 spiro atoms. The minimum atomic E-state index is -3.67. The number of nitrogens with zero attached hydrogens (tertiary/aromatic N) is 2. The van der Waals surface area contributed by atoms with Crippen molar-refractivity contribution >= 4 is 10.0 Å². The Hall–Kier alpha value is -1.83. The SMILES string of the molecule is CC(NS(=O)(=O)c1ccc(CN)cn1)c1ccccn1. The van der Waals surface area contributed by atoms with Crippen LogP contribution in [0.1, 0.15) is 24.2 Å². The molecular weight excluding hydrogens is 276 g/mol. The summed E-state index contributed by atoms with van der Waals surface area (Å²) in [6.45, 7) is 2.05. The van der Waals surface area contributed by atoms with Gasteiger partial charge in [-0.25, -0.2) is 18.1 Å². The van der Waals surface area contributed by atoms with Crippen LogP contribution in [0.3, 0.4) is 0 Å². The Labute approximate surface area is 118 Å². The summed E-state index contributed by atoms with van der Waals surface area (Å²) in [7, 11) is -3.67. The van der Waals surface area contributed by atoms with Gasteiger partial charge in [-0.3, -0.25) is 4.98 Å². The lowest BCUT2D eigenvalue weighted by Gasteiger charge is -2.13. The molecule has 3 N–H and O–H groups in total. The first-order chi connectivity index (χ1) is 9.53. The second-order valence-corrected chi connectivity index (χ2v) is 5.97. The Bertz CT molecular complexity index is 657. The molecule has 0 aromatic carbocycles. The third kappa shape index (κ3) is 3.38. The number of pyridine rings is 2. The molecule has 0 fully saturated rings. The molecule has 0 aliphatic heterocycles. The van der Waals surface area contributed by atoms with E-state index in [1.807, 2.05) is 0 Å². The van der Waals surface area contributed by atoms with E-state index in [9.17, 15) is 8.42 Å². The van der Waals surface area contributed by atoms with E-state index in [2.05, 4.69) is 14.7 Å².